The minimum atomic E-state index is -0.463. The summed E-state index contributed by atoms with van der Waals surface area (Å²) in [5.41, 5.74) is 7.78. The van der Waals surface area contributed by atoms with Gasteiger partial charge < -0.3 is 14.8 Å². The lowest BCUT2D eigenvalue weighted by Crippen LogP contribution is -2.45. The van der Waals surface area contributed by atoms with Crippen LogP contribution in [0.2, 0.25) is 0 Å². The van der Waals surface area contributed by atoms with Crippen molar-refractivity contribution in [3.05, 3.63) is 46.5 Å². The van der Waals surface area contributed by atoms with E-state index in [2.05, 4.69) is 21.3 Å². The standard InChI is InChI=1S/C23H24N8O5S/c1-12-8-19(28-27-12)25-20(32)11-37-23-24-16-10-18(36-3)17(35-2)9-15(16)22-26-21(29-30(22)23)13-4-6-14(7-5-13)31(33)34/h4-7,9-10,12,19,27-28H,8,11H2,1-3H3,(H,25,32). The molecule has 1 saturated heterocycles. The largest absolute Gasteiger partial charge is 0.493 e. The molecule has 37 heavy (non-hydrogen) atoms. The monoisotopic (exact) mass is 524 g/mol. The molecule has 0 bridgehead atoms. The van der Waals surface area contributed by atoms with Crippen LogP contribution in [0.5, 0.6) is 11.5 Å². The normalized spacial score (nSPS) is 17.3. The number of nitro groups is 1. The molecule has 2 aromatic heterocycles. The molecule has 2 unspecified atom stereocenters. The molecular formula is C23H24N8O5S. The van der Waals surface area contributed by atoms with Crippen LogP contribution in [0.15, 0.2) is 41.6 Å². The van der Waals surface area contributed by atoms with Crippen LogP contribution >= 0.6 is 11.8 Å². The number of hydrogen-bond donors (Lipinski definition) is 3. The molecule has 0 saturated carbocycles. The predicted octanol–water partition coefficient (Wildman–Crippen LogP) is 2.29. The molecule has 3 heterocycles. The lowest BCUT2D eigenvalue weighted by atomic mass is 10.2. The van der Waals surface area contributed by atoms with E-state index < -0.39 is 4.92 Å². The Morgan fingerprint density at radius 2 is 1.92 bits per heavy atom. The van der Waals surface area contributed by atoms with Crippen molar-refractivity contribution < 1.29 is 19.2 Å². The number of ether oxygens (including phenoxy) is 2. The van der Waals surface area contributed by atoms with Crippen molar-refractivity contribution in [2.45, 2.75) is 30.7 Å². The molecule has 1 fully saturated rings. The van der Waals surface area contributed by atoms with Crippen molar-refractivity contribution in [3.8, 4) is 22.9 Å². The number of non-ortho nitro benzene ring substituents is 1. The Kier molecular flexibility index (Phi) is 6.78. The number of carbonyl (C=O) groups is 1. The highest BCUT2D eigenvalue weighted by atomic mass is 32.2. The van der Waals surface area contributed by atoms with E-state index in [9.17, 15) is 14.9 Å². The fourth-order valence-corrected chi connectivity index (χ4v) is 4.79. The van der Waals surface area contributed by atoms with Gasteiger partial charge in [-0.05, 0) is 31.5 Å². The molecule has 13 nitrogen and oxygen atoms in total. The summed E-state index contributed by atoms with van der Waals surface area (Å²) in [5.74, 6) is 1.33. The summed E-state index contributed by atoms with van der Waals surface area (Å²) >= 11 is 1.22. The Balaban J connectivity index is 1.54. The van der Waals surface area contributed by atoms with Gasteiger partial charge in [-0.3, -0.25) is 20.3 Å². The summed E-state index contributed by atoms with van der Waals surface area (Å²) in [6, 6.07) is 9.77. The maximum atomic E-state index is 12.6. The molecule has 2 atom stereocenters. The van der Waals surface area contributed by atoms with Crippen molar-refractivity contribution in [2.75, 3.05) is 20.0 Å². The molecule has 0 aliphatic carbocycles. The molecule has 0 spiro atoms. The number of benzene rings is 2. The maximum absolute atomic E-state index is 12.6. The van der Waals surface area contributed by atoms with Gasteiger partial charge in [-0.15, -0.1) is 5.10 Å². The van der Waals surface area contributed by atoms with Crippen molar-refractivity contribution in [2.24, 2.45) is 0 Å². The highest BCUT2D eigenvalue weighted by Crippen LogP contribution is 2.35. The number of nitro benzene ring substituents is 1. The third-order valence-corrected chi connectivity index (χ3v) is 6.77. The molecule has 192 valence electrons. The van der Waals surface area contributed by atoms with E-state index in [1.54, 1.807) is 43.0 Å². The minimum Gasteiger partial charge on any atom is -0.493 e. The lowest BCUT2D eigenvalue weighted by molar-refractivity contribution is -0.384. The van der Waals surface area contributed by atoms with Gasteiger partial charge in [0.2, 0.25) is 5.91 Å². The second-order valence-electron chi connectivity index (χ2n) is 8.43. The van der Waals surface area contributed by atoms with Crippen LogP contribution in [0.25, 0.3) is 27.9 Å². The number of rotatable bonds is 8. The smallest absolute Gasteiger partial charge is 0.269 e. The Labute approximate surface area is 215 Å². The molecule has 1 amide bonds. The van der Waals surface area contributed by atoms with Crippen molar-refractivity contribution in [1.29, 1.82) is 0 Å². The number of aromatic nitrogens is 4. The molecule has 14 heteroatoms. The van der Waals surface area contributed by atoms with Gasteiger partial charge >= 0.3 is 0 Å². The number of hydrogen-bond acceptors (Lipinski definition) is 11. The molecule has 1 aliphatic heterocycles. The second-order valence-corrected chi connectivity index (χ2v) is 9.37. The highest BCUT2D eigenvalue weighted by Gasteiger charge is 2.23. The van der Waals surface area contributed by atoms with E-state index in [0.29, 0.717) is 44.6 Å². The van der Waals surface area contributed by atoms with Crippen molar-refractivity contribution in [1.82, 2.24) is 35.8 Å². The van der Waals surface area contributed by atoms with Gasteiger partial charge in [-0.25, -0.2) is 15.4 Å². The molecule has 0 radical (unpaired) electrons. The number of thioether (sulfide) groups is 1. The average molecular weight is 525 g/mol. The molecule has 1 aliphatic rings. The predicted molar refractivity (Wildman–Crippen MR) is 136 cm³/mol. The van der Waals surface area contributed by atoms with E-state index in [1.165, 1.54) is 23.9 Å². The van der Waals surface area contributed by atoms with Gasteiger partial charge in [-0.2, -0.15) is 4.52 Å². The fourth-order valence-electron chi connectivity index (χ4n) is 4.03. The van der Waals surface area contributed by atoms with E-state index in [-0.39, 0.29) is 29.6 Å². The number of carbonyl (C=O) groups excluding carboxylic acids is 1. The van der Waals surface area contributed by atoms with E-state index >= 15 is 0 Å². The maximum Gasteiger partial charge on any atom is 0.269 e. The number of fused-ring (bicyclic) bond motifs is 3. The van der Waals surface area contributed by atoms with Gasteiger partial charge in [0, 0.05) is 35.2 Å². The minimum absolute atomic E-state index is 0.0277. The fraction of sp³-hybridized carbons (Fsp3) is 0.304. The number of nitrogens with one attached hydrogen (secondary N) is 3. The van der Waals surface area contributed by atoms with Crippen molar-refractivity contribution >= 4 is 39.9 Å². The number of nitrogens with zero attached hydrogens (tertiary/aromatic N) is 5. The van der Waals surface area contributed by atoms with Crippen LogP contribution < -0.4 is 25.6 Å². The first kappa shape index (κ1) is 24.7. The SMILES string of the molecule is COc1cc2nc(SCC(=O)NC3CC(C)NN3)n3nc(-c4ccc([N+](=O)[O-])cc4)nc3c2cc1OC. The van der Waals surface area contributed by atoms with Crippen molar-refractivity contribution in [3.63, 3.8) is 0 Å². The van der Waals surface area contributed by atoms with E-state index in [1.807, 2.05) is 6.92 Å². The Hall–Kier alpha value is -4.01. The Bertz CT molecular complexity index is 1490. The molecule has 2 aromatic carbocycles. The van der Waals surface area contributed by atoms with Crippen LogP contribution in [-0.4, -0.2) is 62.6 Å². The van der Waals surface area contributed by atoms with Gasteiger partial charge in [0.25, 0.3) is 5.69 Å². The van der Waals surface area contributed by atoms with E-state index in [0.717, 1.165) is 6.42 Å². The summed E-state index contributed by atoms with van der Waals surface area (Å²) in [6.07, 6.45) is 0.627. The summed E-state index contributed by atoms with van der Waals surface area (Å²) in [7, 11) is 3.08. The third kappa shape index (κ3) is 4.98. The zero-order chi connectivity index (χ0) is 26.1. The number of hydrazine groups is 1. The summed E-state index contributed by atoms with van der Waals surface area (Å²) in [4.78, 5) is 32.6. The molecule has 5 rings (SSSR count). The first-order chi connectivity index (χ1) is 17.9. The van der Waals surface area contributed by atoms with Crippen LogP contribution in [0.1, 0.15) is 13.3 Å². The summed E-state index contributed by atoms with van der Waals surface area (Å²) in [6.45, 7) is 2.03. The second kappa shape index (κ2) is 10.2. The highest BCUT2D eigenvalue weighted by molar-refractivity contribution is 7.99. The van der Waals surface area contributed by atoms with Gasteiger partial charge in [0.05, 0.1) is 36.6 Å². The zero-order valence-electron chi connectivity index (χ0n) is 20.2. The van der Waals surface area contributed by atoms with Gasteiger partial charge in [0.1, 0.15) is 0 Å². The lowest BCUT2D eigenvalue weighted by Gasteiger charge is -2.12. The van der Waals surface area contributed by atoms with Gasteiger partial charge in [0.15, 0.2) is 28.1 Å². The number of amides is 1. The quantitative estimate of drug-likeness (QED) is 0.134. The number of methoxy groups -OCH3 is 2. The third-order valence-electron chi connectivity index (χ3n) is 5.84. The van der Waals surface area contributed by atoms with E-state index in [4.69, 9.17) is 19.4 Å². The van der Waals surface area contributed by atoms with Crippen LogP contribution in [-0.2, 0) is 4.79 Å². The topological polar surface area (TPSA) is 158 Å². The first-order valence-electron chi connectivity index (χ1n) is 11.4. The molecule has 4 aromatic rings. The Morgan fingerprint density at radius 3 is 2.57 bits per heavy atom. The first-order valence-corrected chi connectivity index (χ1v) is 12.4. The average Bonchev–Trinajstić information content (AvgIpc) is 3.53. The summed E-state index contributed by atoms with van der Waals surface area (Å²) in [5, 5.41) is 19.7. The van der Waals surface area contributed by atoms with Crippen LogP contribution in [0.4, 0.5) is 5.69 Å². The Morgan fingerprint density at radius 1 is 1.19 bits per heavy atom. The van der Waals surface area contributed by atoms with Crippen LogP contribution in [0, 0.1) is 10.1 Å². The zero-order valence-corrected chi connectivity index (χ0v) is 21.0. The molecule has 3 N–H and O–H groups in total. The van der Waals surface area contributed by atoms with Gasteiger partial charge in [-0.1, -0.05) is 11.8 Å². The van der Waals surface area contributed by atoms with Crippen LogP contribution in [0.3, 0.4) is 0 Å². The molecular weight excluding hydrogens is 500 g/mol. The summed E-state index contributed by atoms with van der Waals surface area (Å²) < 4.78 is 12.5.